The van der Waals surface area contributed by atoms with Gasteiger partial charge in [-0.15, -0.1) is 16.5 Å². The van der Waals surface area contributed by atoms with Gasteiger partial charge in [0, 0.05) is 17.6 Å². The molecular weight excluding hydrogens is 358 g/mol. The first-order valence-corrected chi connectivity index (χ1v) is 10.9. The van der Waals surface area contributed by atoms with Crippen LogP contribution in [0, 0.1) is 0 Å². The van der Waals surface area contributed by atoms with E-state index < -0.39 is 0 Å². The van der Waals surface area contributed by atoms with Crippen LogP contribution in [0.25, 0.3) is 0 Å². The molecule has 0 aliphatic carbocycles. The number of phenolic OH excluding ortho intramolecular Hbond substituents is 2. The van der Waals surface area contributed by atoms with Crippen LogP contribution in [0.2, 0.25) is 0 Å². The van der Waals surface area contributed by atoms with E-state index in [9.17, 15) is 10.2 Å². The standard InChI is InChI=1S/C21H31N3O2S/c1-2-3-4-5-6-7-10-18(23-24-21-22-14-15-27-21)11-8-9-17-12-13-19(25)16-20(17)26/h12-16,18,25-26H,2-11H2,1H3. The Bertz CT molecular complexity index is 674. The maximum Gasteiger partial charge on any atom is 0.229 e. The first-order chi connectivity index (χ1) is 13.2. The zero-order chi connectivity index (χ0) is 19.3. The number of aromatic hydroxyl groups is 2. The number of aromatic nitrogens is 1. The number of aryl methyl sites for hydroxylation is 1. The number of nitrogens with zero attached hydrogens (tertiary/aromatic N) is 3. The van der Waals surface area contributed by atoms with E-state index in [1.165, 1.54) is 55.9 Å². The molecule has 0 aliphatic heterocycles. The SMILES string of the molecule is CCCCCCCCC(CCCc1ccc(O)cc1O)N=Nc1nccs1. The van der Waals surface area contributed by atoms with E-state index in [4.69, 9.17) is 0 Å². The van der Waals surface area contributed by atoms with Crippen LogP contribution in [-0.4, -0.2) is 21.2 Å². The van der Waals surface area contributed by atoms with Crippen molar-refractivity contribution < 1.29 is 10.2 Å². The van der Waals surface area contributed by atoms with Crippen molar-refractivity contribution in [2.75, 3.05) is 0 Å². The Morgan fingerprint density at radius 2 is 1.81 bits per heavy atom. The van der Waals surface area contributed by atoms with Crippen LogP contribution in [0.1, 0.15) is 70.3 Å². The van der Waals surface area contributed by atoms with Gasteiger partial charge in [-0.3, -0.25) is 0 Å². The van der Waals surface area contributed by atoms with Crippen molar-refractivity contribution in [3.05, 3.63) is 35.3 Å². The highest BCUT2D eigenvalue weighted by atomic mass is 32.1. The van der Waals surface area contributed by atoms with E-state index in [1.54, 1.807) is 18.3 Å². The zero-order valence-electron chi connectivity index (χ0n) is 16.2. The van der Waals surface area contributed by atoms with Crippen LogP contribution in [0.3, 0.4) is 0 Å². The molecule has 27 heavy (non-hydrogen) atoms. The van der Waals surface area contributed by atoms with E-state index in [1.807, 2.05) is 5.38 Å². The Balaban J connectivity index is 1.81. The van der Waals surface area contributed by atoms with Gasteiger partial charge < -0.3 is 10.2 Å². The molecule has 1 heterocycles. The molecule has 5 nitrogen and oxygen atoms in total. The van der Waals surface area contributed by atoms with Crippen LogP contribution in [0.15, 0.2) is 40.0 Å². The zero-order valence-corrected chi connectivity index (χ0v) is 17.0. The lowest BCUT2D eigenvalue weighted by atomic mass is 10.00. The highest BCUT2D eigenvalue weighted by Crippen LogP contribution is 2.25. The Kier molecular flexibility index (Phi) is 9.84. The number of thiazole rings is 1. The summed E-state index contributed by atoms with van der Waals surface area (Å²) >= 11 is 1.50. The minimum absolute atomic E-state index is 0.0921. The van der Waals surface area contributed by atoms with Gasteiger partial charge in [0.1, 0.15) is 11.5 Å². The summed E-state index contributed by atoms with van der Waals surface area (Å²) in [5.41, 5.74) is 0.864. The molecule has 0 bridgehead atoms. The van der Waals surface area contributed by atoms with Crippen LogP contribution < -0.4 is 0 Å². The number of hydrogen-bond donors (Lipinski definition) is 2. The van der Waals surface area contributed by atoms with Gasteiger partial charge in [0.25, 0.3) is 0 Å². The summed E-state index contributed by atoms with van der Waals surface area (Å²) in [7, 11) is 0. The molecule has 2 rings (SSSR count). The molecule has 148 valence electrons. The molecule has 0 amide bonds. The Morgan fingerprint density at radius 1 is 1.04 bits per heavy atom. The lowest BCUT2D eigenvalue weighted by Gasteiger charge is -2.12. The second-order valence-corrected chi connectivity index (χ2v) is 7.82. The summed E-state index contributed by atoms with van der Waals surface area (Å²) in [6.07, 6.45) is 13.1. The van der Waals surface area contributed by atoms with Crippen molar-refractivity contribution in [1.82, 2.24) is 4.98 Å². The molecule has 0 aliphatic rings. The summed E-state index contributed by atoms with van der Waals surface area (Å²) in [6, 6.07) is 4.99. The Labute approximate surface area is 166 Å². The third-order valence-corrected chi connectivity index (χ3v) is 5.32. The fourth-order valence-corrected chi connectivity index (χ4v) is 3.57. The summed E-state index contributed by atoms with van der Waals surface area (Å²) in [5.74, 6) is 0.251. The molecule has 2 N–H and O–H groups in total. The number of azo groups is 1. The smallest absolute Gasteiger partial charge is 0.229 e. The summed E-state index contributed by atoms with van der Waals surface area (Å²) in [4.78, 5) is 4.17. The topological polar surface area (TPSA) is 78.1 Å². The second kappa shape index (κ2) is 12.4. The largest absolute Gasteiger partial charge is 0.508 e. The molecule has 6 heteroatoms. The third-order valence-electron chi connectivity index (χ3n) is 4.67. The maximum atomic E-state index is 9.92. The first-order valence-electron chi connectivity index (χ1n) is 10.00. The molecule has 1 aromatic carbocycles. The Morgan fingerprint density at radius 3 is 2.56 bits per heavy atom. The lowest BCUT2D eigenvalue weighted by Crippen LogP contribution is -2.05. The molecule has 1 aromatic heterocycles. The monoisotopic (exact) mass is 389 g/mol. The predicted molar refractivity (Wildman–Crippen MR) is 111 cm³/mol. The van der Waals surface area contributed by atoms with E-state index in [0.717, 1.165) is 31.2 Å². The van der Waals surface area contributed by atoms with Gasteiger partial charge in [-0.25, -0.2) is 4.98 Å². The first kappa shape index (κ1) is 21.4. The van der Waals surface area contributed by atoms with Crippen LogP contribution in [-0.2, 0) is 6.42 Å². The maximum absolute atomic E-state index is 9.92. The van der Waals surface area contributed by atoms with Crippen molar-refractivity contribution in [3.63, 3.8) is 0 Å². The number of phenols is 2. The highest BCUT2D eigenvalue weighted by Gasteiger charge is 2.09. The third kappa shape index (κ3) is 8.52. The number of rotatable bonds is 13. The fraction of sp³-hybridized carbons (Fsp3) is 0.571. The summed E-state index contributed by atoms with van der Waals surface area (Å²) < 4.78 is 0. The molecule has 0 saturated heterocycles. The lowest BCUT2D eigenvalue weighted by molar-refractivity contribution is 0.442. The average molecular weight is 390 g/mol. The average Bonchev–Trinajstić information content (AvgIpc) is 3.17. The van der Waals surface area contributed by atoms with Crippen LogP contribution in [0.5, 0.6) is 11.5 Å². The van der Waals surface area contributed by atoms with Crippen molar-refractivity contribution >= 4 is 16.5 Å². The fourth-order valence-electron chi connectivity index (χ4n) is 3.11. The molecule has 2 aromatic rings. The van der Waals surface area contributed by atoms with Crippen molar-refractivity contribution in [2.24, 2.45) is 10.2 Å². The van der Waals surface area contributed by atoms with Crippen LogP contribution >= 0.6 is 11.3 Å². The Hall–Kier alpha value is -1.95. The minimum Gasteiger partial charge on any atom is -0.508 e. The number of benzene rings is 1. The van der Waals surface area contributed by atoms with Gasteiger partial charge in [0.05, 0.1) is 6.04 Å². The molecule has 0 radical (unpaired) electrons. The van der Waals surface area contributed by atoms with E-state index in [0.29, 0.717) is 5.13 Å². The van der Waals surface area contributed by atoms with E-state index in [-0.39, 0.29) is 17.5 Å². The van der Waals surface area contributed by atoms with Gasteiger partial charge in [-0.05, 0) is 37.3 Å². The van der Waals surface area contributed by atoms with Gasteiger partial charge >= 0.3 is 0 Å². The van der Waals surface area contributed by atoms with Gasteiger partial charge in [-0.1, -0.05) is 51.5 Å². The quantitative estimate of drug-likeness (QED) is 0.293. The van der Waals surface area contributed by atoms with Crippen molar-refractivity contribution in [1.29, 1.82) is 0 Å². The highest BCUT2D eigenvalue weighted by molar-refractivity contribution is 7.13. The number of unbranched alkanes of at least 4 members (excludes halogenated alkanes) is 5. The molecular formula is C21H31N3O2S. The van der Waals surface area contributed by atoms with E-state index in [2.05, 4.69) is 22.1 Å². The molecule has 0 spiro atoms. The predicted octanol–water partition coefficient (Wildman–Crippen LogP) is 6.78. The molecule has 1 unspecified atom stereocenters. The number of hydrogen-bond acceptors (Lipinski definition) is 6. The van der Waals surface area contributed by atoms with Crippen molar-refractivity contribution in [2.45, 2.75) is 77.2 Å². The van der Waals surface area contributed by atoms with Gasteiger partial charge in [0.15, 0.2) is 0 Å². The summed E-state index contributed by atoms with van der Waals surface area (Å²) in [5, 5.41) is 30.8. The molecule has 1 atom stereocenters. The van der Waals surface area contributed by atoms with Crippen LogP contribution in [0.4, 0.5) is 5.13 Å². The van der Waals surface area contributed by atoms with Gasteiger partial charge in [0.2, 0.25) is 5.13 Å². The van der Waals surface area contributed by atoms with Crippen molar-refractivity contribution in [3.8, 4) is 11.5 Å². The van der Waals surface area contributed by atoms with Gasteiger partial charge in [-0.2, -0.15) is 5.11 Å². The summed E-state index contributed by atoms with van der Waals surface area (Å²) in [6.45, 7) is 2.24. The normalized spacial score (nSPS) is 12.6. The molecule has 0 fully saturated rings. The second-order valence-electron chi connectivity index (χ2n) is 6.95. The minimum atomic E-state index is 0.0921. The van der Waals surface area contributed by atoms with E-state index >= 15 is 0 Å². The molecule has 0 saturated carbocycles.